The molecule has 2 aromatic carbocycles. The second-order valence-corrected chi connectivity index (χ2v) is 9.05. The SMILES string of the molecule is COc1ccnc(-c2cc(C3(c4ccc(OS(C)(=O)=O)cc4)N=C(N)N(C)C3=O)ccc2F)n1. The molecule has 2 N–H and O–H groups in total. The zero-order valence-electron chi connectivity index (χ0n) is 18.4. The van der Waals surface area contributed by atoms with Crippen LogP contribution in [0, 0.1) is 5.82 Å². The van der Waals surface area contributed by atoms with Gasteiger partial charge in [0.2, 0.25) is 5.88 Å². The summed E-state index contributed by atoms with van der Waals surface area (Å²) in [4.78, 5) is 27.4. The number of ether oxygens (including phenoxy) is 1. The van der Waals surface area contributed by atoms with Crippen molar-refractivity contribution < 1.29 is 26.5 Å². The Balaban J connectivity index is 1.89. The van der Waals surface area contributed by atoms with Crippen molar-refractivity contribution in [3.63, 3.8) is 0 Å². The maximum Gasteiger partial charge on any atom is 0.306 e. The topological polar surface area (TPSA) is 137 Å². The number of hydrogen-bond donors (Lipinski definition) is 1. The van der Waals surface area contributed by atoms with Gasteiger partial charge in [-0.3, -0.25) is 9.69 Å². The molecule has 10 nitrogen and oxygen atoms in total. The van der Waals surface area contributed by atoms with Gasteiger partial charge in [0.1, 0.15) is 11.6 Å². The highest BCUT2D eigenvalue weighted by Crippen LogP contribution is 2.41. The maximum absolute atomic E-state index is 14.8. The van der Waals surface area contributed by atoms with E-state index in [1.165, 1.54) is 73.8 Å². The number of nitrogens with zero attached hydrogens (tertiary/aromatic N) is 4. The standard InChI is InChI=1S/C22H20FN5O5S/c1-28-20(29)22(27-21(28)24,13-4-7-15(8-5-13)33-34(3,30)31)14-6-9-17(23)16(12-14)19-25-11-10-18(26-19)32-2/h4-12H,1-3H3,(H2,24,27). The van der Waals surface area contributed by atoms with Crippen molar-refractivity contribution in [2.45, 2.75) is 5.54 Å². The Bertz CT molecular complexity index is 1410. The summed E-state index contributed by atoms with van der Waals surface area (Å²) < 4.78 is 47.7. The van der Waals surface area contributed by atoms with Crippen molar-refractivity contribution in [2.75, 3.05) is 20.4 Å². The zero-order valence-corrected chi connectivity index (χ0v) is 19.2. The predicted octanol–water partition coefficient (Wildman–Crippen LogP) is 1.66. The molecule has 1 unspecified atom stereocenters. The first-order chi connectivity index (χ1) is 16.0. The molecule has 1 aliphatic heterocycles. The number of likely N-dealkylation sites (N-methyl/N-ethyl adjacent to an activating group) is 1. The number of guanidine groups is 1. The van der Waals surface area contributed by atoms with Gasteiger partial charge in [0.15, 0.2) is 17.3 Å². The quantitative estimate of drug-likeness (QED) is 0.521. The number of carbonyl (C=O) groups is 1. The lowest BCUT2D eigenvalue weighted by molar-refractivity contribution is -0.129. The first kappa shape index (κ1) is 23.1. The number of amides is 1. The monoisotopic (exact) mass is 485 g/mol. The van der Waals surface area contributed by atoms with E-state index in [4.69, 9.17) is 14.7 Å². The summed E-state index contributed by atoms with van der Waals surface area (Å²) in [6.45, 7) is 0. The molecule has 0 saturated carbocycles. The Morgan fingerprint density at radius 3 is 2.35 bits per heavy atom. The number of rotatable bonds is 6. The van der Waals surface area contributed by atoms with Crippen molar-refractivity contribution in [3.05, 3.63) is 71.7 Å². The molecule has 34 heavy (non-hydrogen) atoms. The maximum atomic E-state index is 14.8. The lowest BCUT2D eigenvalue weighted by Gasteiger charge is -2.26. The van der Waals surface area contributed by atoms with Gasteiger partial charge in [-0.25, -0.2) is 14.4 Å². The van der Waals surface area contributed by atoms with Gasteiger partial charge in [0.25, 0.3) is 5.91 Å². The third-order valence-corrected chi connectivity index (χ3v) is 5.72. The van der Waals surface area contributed by atoms with Crippen LogP contribution in [-0.2, 0) is 20.5 Å². The lowest BCUT2D eigenvalue weighted by Crippen LogP contribution is -2.41. The molecule has 0 aliphatic carbocycles. The lowest BCUT2D eigenvalue weighted by atomic mass is 9.82. The number of methoxy groups -OCH3 is 1. The third kappa shape index (κ3) is 4.03. The van der Waals surface area contributed by atoms with Crippen LogP contribution in [0.3, 0.4) is 0 Å². The van der Waals surface area contributed by atoms with Crippen molar-refractivity contribution >= 4 is 22.0 Å². The average Bonchev–Trinajstić information content (AvgIpc) is 3.03. The van der Waals surface area contributed by atoms with E-state index in [0.29, 0.717) is 11.1 Å². The van der Waals surface area contributed by atoms with Crippen LogP contribution in [0.2, 0.25) is 0 Å². The molecule has 3 aromatic rings. The van der Waals surface area contributed by atoms with Crippen molar-refractivity contribution in [1.82, 2.24) is 14.9 Å². The molecule has 12 heteroatoms. The van der Waals surface area contributed by atoms with Crippen LogP contribution in [-0.4, -0.2) is 55.6 Å². The minimum Gasteiger partial charge on any atom is -0.481 e. The molecule has 2 heterocycles. The van der Waals surface area contributed by atoms with Crippen molar-refractivity contribution in [3.8, 4) is 23.0 Å². The van der Waals surface area contributed by atoms with Crippen molar-refractivity contribution in [1.29, 1.82) is 0 Å². The smallest absolute Gasteiger partial charge is 0.306 e. The zero-order chi connectivity index (χ0) is 24.7. The molecule has 0 fully saturated rings. The number of benzene rings is 2. The summed E-state index contributed by atoms with van der Waals surface area (Å²) in [5.74, 6) is -0.774. The molecular formula is C22H20FN5O5S. The number of carbonyl (C=O) groups excluding carboxylic acids is 1. The normalized spacial score (nSPS) is 18.1. The van der Waals surface area contributed by atoms with Gasteiger partial charge in [-0.2, -0.15) is 13.4 Å². The third-order valence-electron chi connectivity index (χ3n) is 5.22. The Hall–Kier alpha value is -4.06. The fraction of sp³-hybridized carbons (Fsp3) is 0.182. The molecule has 4 rings (SSSR count). The van der Waals surface area contributed by atoms with E-state index in [-0.39, 0.29) is 29.0 Å². The van der Waals surface area contributed by atoms with E-state index in [2.05, 4.69) is 15.0 Å². The second kappa shape index (κ2) is 8.37. The minimum absolute atomic E-state index is 0.0314. The van der Waals surface area contributed by atoms with E-state index in [9.17, 15) is 17.6 Å². The Kier molecular flexibility index (Phi) is 5.69. The number of aliphatic imine (C=N–C) groups is 1. The van der Waals surface area contributed by atoms with Gasteiger partial charge in [-0.1, -0.05) is 18.2 Å². The predicted molar refractivity (Wildman–Crippen MR) is 121 cm³/mol. The van der Waals surface area contributed by atoms with E-state index < -0.39 is 27.4 Å². The van der Waals surface area contributed by atoms with E-state index in [1.54, 1.807) is 0 Å². The summed E-state index contributed by atoms with van der Waals surface area (Å²) in [5.41, 5.74) is 5.05. The number of hydrogen-bond acceptors (Lipinski definition) is 9. The van der Waals surface area contributed by atoms with Crippen LogP contribution in [0.1, 0.15) is 11.1 Å². The highest BCUT2D eigenvalue weighted by atomic mass is 32.2. The molecule has 1 aliphatic rings. The second-order valence-electron chi connectivity index (χ2n) is 7.47. The fourth-order valence-electron chi connectivity index (χ4n) is 3.62. The van der Waals surface area contributed by atoms with Crippen LogP contribution in [0.25, 0.3) is 11.4 Å². The molecule has 0 spiro atoms. The van der Waals surface area contributed by atoms with Crippen molar-refractivity contribution in [2.24, 2.45) is 10.7 Å². The summed E-state index contributed by atoms with van der Waals surface area (Å²) in [6.07, 6.45) is 2.34. The summed E-state index contributed by atoms with van der Waals surface area (Å²) in [5, 5.41) is 0. The van der Waals surface area contributed by atoms with Crippen LogP contribution in [0.5, 0.6) is 11.6 Å². The highest BCUT2D eigenvalue weighted by molar-refractivity contribution is 7.86. The summed E-state index contributed by atoms with van der Waals surface area (Å²) in [7, 11) is -0.842. The van der Waals surface area contributed by atoms with Gasteiger partial charge in [0.05, 0.1) is 18.9 Å². The molecule has 0 radical (unpaired) electrons. The first-order valence-electron chi connectivity index (χ1n) is 9.86. The molecule has 0 bridgehead atoms. The molecule has 1 aromatic heterocycles. The van der Waals surface area contributed by atoms with Crippen LogP contribution in [0.15, 0.2) is 59.7 Å². The van der Waals surface area contributed by atoms with Crippen LogP contribution < -0.4 is 14.7 Å². The van der Waals surface area contributed by atoms with Crippen LogP contribution in [0.4, 0.5) is 4.39 Å². The van der Waals surface area contributed by atoms with Gasteiger partial charge in [-0.05, 0) is 35.4 Å². The Morgan fingerprint density at radius 2 is 1.76 bits per heavy atom. The van der Waals surface area contributed by atoms with Gasteiger partial charge in [-0.15, -0.1) is 0 Å². The van der Waals surface area contributed by atoms with E-state index in [1.807, 2.05) is 0 Å². The first-order valence-corrected chi connectivity index (χ1v) is 11.7. The molecule has 1 atom stereocenters. The number of nitrogens with two attached hydrogens (primary N) is 1. The molecule has 0 saturated heterocycles. The Labute approximate surface area is 195 Å². The Morgan fingerprint density at radius 1 is 1.09 bits per heavy atom. The summed E-state index contributed by atoms with van der Waals surface area (Å²) in [6, 6.07) is 11.3. The van der Waals surface area contributed by atoms with Gasteiger partial charge >= 0.3 is 10.1 Å². The number of aromatic nitrogens is 2. The largest absolute Gasteiger partial charge is 0.481 e. The minimum atomic E-state index is -3.74. The van der Waals surface area contributed by atoms with Gasteiger partial charge in [0, 0.05) is 19.3 Å². The van der Waals surface area contributed by atoms with E-state index in [0.717, 1.165) is 6.26 Å². The van der Waals surface area contributed by atoms with E-state index >= 15 is 0 Å². The number of halogens is 1. The molecule has 176 valence electrons. The highest BCUT2D eigenvalue weighted by Gasteiger charge is 2.49. The van der Waals surface area contributed by atoms with Crippen LogP contribution >= 0.6 is 0 Å². The molecular weight excluding hydrogens is 465 g/mol. The van der Waals surface area contributed by atoms with Gasteiger partial charge < -0.3 is 14.7 Å². The average molecular weight is 485 g/mol. The summed E-state index contributed by atoms with van der Waals surface area (Å²) >= 11 is 0. The fourth-order valence-corrected chi connectivity index (χ4v) is 4.08. The molecule has 1 amide bonds.